The highest BCUT2D eigenvalue weighted by Crippen LogP contribution is 2.33. The molecule has 0 fully saturated rings. The number of aryl methyl sites for hydroxylation is 1. The smallest absolute Gasteiger partial charge is 0.123 e. The highest BCUT2D eigenvalue weighted by atomic mass is 19.1. The molecule has 0 atom stereocenters. The van der Waals surface area contributed by atoms with Gasteiger partial charge >= 0.3 is 0 Å². The number of halogens is 1. The molecule has 0 N–H and O–H groups in total. The van der Waals surface area contributed by atoms with Gasteiger partial charge in [-0.1, -0.05) is 56.7 Å². The van der Waals surface area contributed by atoms with E-state index in [0.29, 0.717) is 0 Å². The summed E-state index contributed by atoms with van der Waals surface area (Å²) in [6, 6.07) is 15.4. The Bertz CT molecular complexity index is 638. The van der Waals surface area contributed by atoms with Crippen molar-refractivity contribution in [3.63, 3.8) is 0 Å². The van der Waals surface area contributed by atoms with Crippen LogP contribution in [0.3, 0.4) is 0 Å². The number of benzene rings is 2. The van der Waals surface area contributed by atoms with Gasteiger partial charge in [0.25, 0.3) is 0 Å². The number of allylic oxidation sites excluding steroid dienone is 2. The lowest BCUT2D eigenvalue weighted by atomic mass is 9.88. The fourth-order valence-electron chi connectivity index (χ4n) is 2.88. The number of rotatable bonds is 5. The summed E-state index contributed by atoms with van der Waals surface area (Å²) in [6.07, 6.45) is 3.01. The summed E-state index contributed by atoms with van der Waals surface area (Å²) in [5.74, 6) is -0.168. The summed E-state index contributed by atoms with van der Waals surface area (Å²) in [5.41, 5.74) is 6.18. The Morgan fingerprint density at radius 3 is 2.33 bits per heavy atom. The summed E-state index contributed by atoms with van der Waals surface area (Å²) >= 11 is 0. The van der Waals surface area contributed by atoms with Gasteiger partial charge in [0.1, 0.15) is 5.82 Å². The third kappa shape index (κ3) is 3.60. The van der Waals surface area contributed by atoms with Crippen molar-refractivity contribution in [3.05, 3.63) is 71.0 Å². The van der Waals surface area contributed by atoms with Gasteiger partial charge in [-0.3, -0.25) is 0 Å². The van der Waals surface area contributed by atoms with Crippen LogP contribution < -0.4 is 0 Å². The summed E-state index contributed by atoms with van der Waals surface area (Å²) < 4.78 is 13.6. The highest BCUT2D eigenvalue weighted by Gasteiger charge is 2.12. The van der Waals surface area contributed by atoms with Crippen molar-refractivity contribution < 1.29 is 4.39 Å². The van der Waals surface area contributed by atoms with E-state index in [2.05, 4.69) is 45.0 Å². The first kappa shape index (κ1) is 15.5. The molecular formula is C20H23F. The third-order valence-electron chi connectivity index (χ3n) is 3.86. The van der Waals surface area contributed by atoms with E-state index >= 15 is 0 Å². The van der Waals surface area contributed by atoms with Crippen molar-refractivity contribution in [1.29, 1.82) is 0 Å². The monoisotopic (exact) mass is 282 g/mol. The maximum Gasteiger partial charge on any atom is 0.123 e. The molecule has 0 amide bonds. The Hall–Kier alpha value is -1.89. The number of hydrogen-bond donors (Lipinski definition) is 0. The Labute approximate surface area is 127 Å². The first-order valence-corrected chi connectivity index (χ1v) is 7.71. The molecule has 0 bridgehead atoms. The first-order chi connectivity index (χ1) is 10.2. The molecule has 0 heterocycles. The van der Waals surface area contributed by atoms with Crippen molar-refractivity contribution in [2.24, 2.45) is 0 Å². The van der Waals surface area contributed by atoms with Crippen LogP contribution in [0.15, 0.2) is 48.5 Å². The lowest BCUT2D eigenvalue weighted by Crippen LogP contribution is -1.95. The van der Waals surface area contributed by atoms with E-state index in [4.69, 9.17) is 0 Å². The van der Waals surface area contributed by atoms with E-state index in [0.717, 1.165) is 24.8 Å². The van der Waals surface area contributed by atoms with E-state index in [1.807, 2.05) is 6.07 Å². The van der Waals surface area contributed by atoms with Crippen LogP contribution in [0.4, 0.5) is 4.39 Å². The SMILES string of the molecule is CCC/C(=C(/CC)c1cccc(F)c1)c1ccccc1C. The highest BCUT2D eigenvalue weighted by molar-refractivity contribution is 5.91. The minimum atomic E-state index is -0.168. The van der Waals surface area contributed by atoms with Crippen LogP contribution >= 0.6 is 0 Å². The topological polar surface area (TPSA) is 0 Å². The molecule has 1 heteroatoms. The predicted molar refractivity (Wildman–Crippen MR) is 89.6 cm³/mol. The van der Waals surface area contributed by atoms with Crippen molar-refractivity contribution >= 4 is 11.1 Å². The average molecular weight is 282 g/mol. The lowest BCUT2D eigenvalue weighted by Gasteiger charge is -2.17. The van der Waals surface area contributed by atoms with Gasteiger partial charge in [-0.15, -0.1) is 0 Å². The zero-order valence-corrected chi connectivity index (χ0v) is 13.1. The van der Waals surface area contributed by atoms with Crippen LogP contribution in [0.5, 0.6) is 0 Å². The Kier molecular flexibility index (Phi) is 5.32. The molecule has 21 heavy (non-hydrogen) atoms. The Morgan fingerprint density at radius 2 is 1.71 bits per heavy atom. The van der Waals surface area contributed by atoms with Crippen LogP contribution in [-0.4, -0.2) is 0 Å². The molecule has 0 aliphatic heterocycles. The third-order valence-corrected chi connectivity index (χ3v) is 3.86. The van der Waals surface area contributed by atoms with E-state index in [1.54, 1.807) is 12.1 Å². The average Bonchev–Trinajstić information content (AvgIpc) is 2.48. The lowest BCUT2D eigenvalue weighted by molar-refractivity contribution is 0.627. The fraction of sp³-hybridized carbons (Fsp3) is 0.300. The molecule has 0 aromatic heterocycles. The largest absolute Gasteiger partial charge is 0.207 e. The normalized spacial score (nSPS) is 12.2. The van der Waals surface area contributed by atoms with Crippen LogP contribution in [0.2, 0.25) is 0 Å². The van der Waals surface area contributed by atoms with Crippen LogP contribution in [-0.2, 0) is 0 Å². The molecule has 2 rings (SSSR count). The van der Waals surface area contributed by atoms with Crippen molar-refractivity contribution in [1.82, 2.24) is 0 Å². The molecule has 0 radical (unpaired) electrons. The molecule has 0 spiro atoms. The molecule has 0 aliphatic rings. The van der Waals surface area contributed by atoms with Crippen LogP contribution in [0.25, 0.3) is 11.1 Å². The van der Waals surface area contributed by atoms with E-state index < -0.39 is 0 Å². The van der Waals surface area contributed by atoms with Gasteiger partial charge in [-0.05, 0) is 59.7 Å². The molecule has 0 saturated carbocycles. The standard InChI is InChI=1S/C20H23F/c1-4-9-20(19-13-7-6-10-15(19)3)18(5-2)16-11-8-12-17(21)14-16/h6-8,10-14H,4-5,9H2,1-3H3/b20-18+. The molecule has 2 aromatic carbocycles. The van der Waals surface area contributed by atoms with Gasteiger partial charge < -0.3 is 0 Å². The molecule has 2 aromatic rings. The molecule has 0 unspecified atom stereocenters. The van der Waals surface area contributed by atoms with Crippen LogP contribution in [0.1, 0.15) is 49.8 Å². The van der Waals surface area contributed by atoms with Crippen LogP contribution in [0, 0.1) is 12.7 Å². The molecule has 0 nitrogen and oxygen atoms in total. The maximum atomic E-state index is 13.6. The zero-order valence-electron chi connectivity index (χ0n) is 13.1. The second kappa shape index (κ2) is 7.21. The van der Waals surface area contributed by atoms with Crippen molar-refractivity contribution in [2.75, 3.05) is 0 Å². The van der Waals surface area contributed by atoms with E-state index in [9.17, 15) is 4.39 Å². The minimum absolute atomic E-state index is 0.168. The van der Waals surface area contributed by atoms with Gasteiger partial charge in [-0.25, -0.2) is 4.39 Å². The van der Waals surface area contributed by atoms with Crippen molar-refractivity contribution in [2.45, 2.75) is 40.0 Å². The number of hydrogen-bond acceptors (Lipinski definition) is 0. The first-order valence-electron chi connectivity index (χ1n) is 7.71. The maximum absolute atomic E-state index is 13.6. The summed E-state index contributed by atoms with van der Waals surface area (Å²) in [7, 11) is 0. The molecular weight excluding hydrogens is 259 g/mol. The second-order valence-electron chi connectivity index (χ2n) is 5.39. The van der Waals surface area contributed by atoms with Gasteiger partial charge in [0.05, 0.1) is 0 Å². The molecule has 110 valence electrons. The van der Waals surface area contributed by atoms with Gasteiger partial charge in [0, 0.05) is 0 Å². The quantitative estimate of drug-likeness (QED) is 0.568. The Balaban J connectivity index is 2.63. The predicted octanol–water partition coefficient (Wildman–Crippen LogP) is 6.26. The van der Waals surface area contributed by atoms with Gasteiger partial charge in [0.15, 0.2) is 0 Å². The second-order valence-corrected chi connectivity index (χ2v) is 5.39. The molecule has 0 saturated heterocycles. The Morgan fingerprint density at radius 1 is 0.952 bits per heavy atom. The van der Waals surface area contributed by atoms with Gasteiger partial charge in [0.2, 0.25) is 0 Å². The summed E-state index contributed by atoms with van der Waals surface area (Å²) in [5, 5.41) is 0. The van der Waals surface area contributed by atoms with E-state index in [-0.39, 0.29) is 5.82 Å². The summed E-state index contributed by atoms with van der Waals surface area (Å²) in [6.45, 7) is 6.48. The minimum Gasteiger partial charge on any atom is -0.207 e. The molecule has 0 aliphatic carbocycles. The van der Waals surface area contributed by atoms with E-state index in [1.165, 1.54) is 28.3 Å². The van der Waals surface area contributed by atoms with Gasteiger partial charge in [-0.2, -0.15) is 0 Å². The van der Waals surface area contributed by atoms with Crippen molar-refractivity contribution in [3.8, 4) is 0 Å². The zero-order chi connectivity index (χ0) is 15.2. The fourth-order valence-corrected chi connectivity index (χ4v) is 2.88. The summed E-state index contributed by atoms with van der Waals surface area (Å²) in [4.78, 5) is 0.